The SMILES string of the molecule is CNC(C)Cc1cc2c(Br)cccc2s1. The minimum atomic E-state index is 0.539. The van der Waals surface area contributed by atoms with E-state index in [4.69, 9.17) is 0 Å². The molecule has 1 N–H and O–H groups in total. The molecule has 0 saturated carbocycles. The topological polar surface area (TPSA) is 12.0 Å². The van der Waals surface area contributed by atoms with Crippen molar-refractivity contribution >= 4 is 37.4 Å². The van der Waals surface area contributed by atoms with Crippen molar-refractivity contribution in [2.75, 3.05) is 7.05 Å². The van der Waals surface area contributed by atoms with Gasteiger partial charge in [0, 0.05) is 25.5 Å². The third-order valence-corrected chi connectivity index (χ3v) is 4.37. The van der Waals surface area contributed by atoms with Crippen molar-refractivity contribution in [3.05, 3.63) is 33.6 Å². The molecule has 0 aliphatic rings. The summed E-state index contributed by atoms with van der Waals surface area (Å²) < 4.78 is 2.56. The Morgan fingerprint density at radius 2 is 2.27 bits per heavy atom. The Morgan fingerprint density at radius 3 is 2.93 bits per heavy atom. The van der Waals surface area contributed by atoms with Crippen LogP contribution in [0.15, 0.2) is 28.7 Å². The zero-order chi connectivity index (χ0) is 10.8. The van der Waals surface area contributed by atoms with Gasteiger partial charge >= 0.3 is 0 Å². The first-order valence-corrected chi connectivity index (χ1v) is 6.66. The van der Waals surface area contributed by atoms with Gasteiger partial charge in [-0.2, -0.15) is 0 Å². The summed E-state index contributed by atoms with van der Waals surface area (Å²) in [6.07, 6.45) is 1.10. The second kappa shape index (κ2) is 4.64. The lowest BCUT2D eigenvalue weighted by atomic mass is 10.2. The van der Waals surface area contributed by atoms with Gasteiger partial charge in [0.15, 0.2) is 0 Å². The average Bonchev–Trinajstić information content (AvgIpc) is 2.62. The molecule has 0 saturated heterocycles. The quantitative estimate of drug-likeness (QED) is 0.903. The predicted molar refractivity (Wildman–Crippen MR) is 71.8 cm³/mol. The van der Waals surface area contributed by atoms with Crippen LogP contribution in [0.2, 0.25) is 0 Å². The fraction of sp³-hybridized carbons (Fsp3) is 0.333. The van der Waals surface area contributed by atoms with Crippen LogP contribution in [0.5, 0.6) is 0 Å². The Bertz CT molecular complexity index is 464. The number of nitrogens with one attached hydrogen (secondary N) is 1. The second-order valence-electron chi connectivity index (χ2n) is 3.76. The number of fused-ring (bicyclic) bond motifs is 1. The van der Waals surface area contributed by atoms with E-state index >= 15 is 0 Å². The van der Waals surface area contributed by atoms with Crippen LogP contribution in [0.4, 0.5) is 0 Å². The molecule has 0 radical (unpaired) electrons. The molecule has 1 nitrogen and oxygen atoms in total. The summed E-state index contributed by atoms with van der Waals surface area (Å²) in [5, 5.41) is 4.60. The summed E-state index contributed by atoms with van der Waals surface area (Å²) in [5.41, 5.74) is 0. The largest absolute Gasteiger partial charge is 0.317 e. The summed E-state index contributed by atoms with van der Waals surface area (Å²) in [7, 11) is 2.01. The van der Waals surface area contributed by atoms with Crippen molar-refractivity contribution < 1.29 is 0 Å². The summed E-state index contributed by atoms with van der Waals surface area (Å²) in [6.45, 7) is 2.21. The van der Waals surface area contributed by atoms with E-state index in [0.717, 1.165) is 6.42 Å². The minimum Gasteiger partial charge on any atom is -0.317 e. The first-order valence-electron chi connectivity index (χ1n) is 5.05. The van der Waals surface area contributed by atoms with E-state index in [1.807, 2.05) is 18.4 Å². The van der Waals surface area contributed by atoms with Crippen molar-refractivity contribution in [3.63, 3.8) is 0 Å². The van der Waals surface area contributed by atoms with Gasteiger partial charge in [0.2, 0.25) is 0 Å². The predicted octanol–water partition coefficient (Wildman–Crippen LogP) is 3.81. The standard InChI is InChI=1S/C12H14BrNS/c1-8(14-2)6-9-7-10-11(13)4-3-5-12(10)15-9/h3-5,7-8,14H,6H2,1-2H3. The highest BCUT2D eigenvalue weighted by molar-refractivity contribution is 9.10. The number of halogens is 1. The van der Waals surface area contributed by atoms with Crippen LogP contribution in [0.1, 0.15) is 11.8 Å². The Morgan fingerprint density at radius 1 is 1.47 bits per heavy atom. The summed E-state index contributed by atoms with van der Waals surface area (Å²) in [4.78, 5) is 1.44. The Labute approximate surface area is 103 Å². The van der Waals surface area contributed by atoms with Gasteiger partial charge in [0.1, 0.15) is 0 Å². The van der Waals surface area contributed by atoms with Crippen LogP contribution in [-0.4, -0.2) is 13.1 Å². The number of likely N-dealkylation sites (N-methyl/N-ethyl adjacent to an activating group) is 1. The highest BCUT2D eigenvalue weighted by Gasteiger charge is 2.06. The summed E-state index contributed by atoms with van der Waals surface area (Å²) in [6, 6.07) is 9.20. The van der Waals surface area contributed by atoms with Crippen molar-refractivity contribution in [2.24, 2.45) is 0 Å². The maximum atomic E-state index is 3.58. The Hall–Kier alpha value is -0.380. The number of hydrogen-bond acceptors (Lipinski definition) is 2. The molecule has 1 aromatic heterocycles. The first-order chi connectivity index (χ1) is 7.20. The van der Waals surface area contributed by atoms with Crippen molar-refractivity contribution in [2.45, 2.75) is 19.4 Å². The van der Waals surface area contributed by atoms with Gasteiger partial charge in [-0.25, -0.2) is 0 Å². The second-order valence-corrected chi connectivity index (χ2v) is 5.78. The molecular weight excluding hydrogens is 270 g/mol. The van der Waals surface area contributed by atoms with E-state index in [1.54, 1.807) is 0 Å². The van der Waals surface area contributed by atoms with E-state index in [2.05, 4.69) is 52.4 Å². The van der Waals surface area contributed by atoms with E-state index < -0.39 is 0 Å². The summed E-state index contributed by atoms with van der Waals surface area (Å²) in [5.74, 6) is 0. The van der Waals surface area contributed by atoms with E-state index in [1.165, 1.54) is 19.4 Å². The van der Waals surface area contributed by atoms with E-state index in [0.29, 0.717) is 6.04 Å². The smallest absolute Gasteiger partial charge is 0.0357 e. The zero-order valence-electron chi connectivity index (χ0n) is 8.88. The number of benzene rings is 1. The normalized spacial score (nSPS) is 13.3. The number of thiophene rings is 1. The van der Waals surface area contributed by atoms with Gasteiger partial charge in [0.05, 0.1) is 0 Å². The lowest BCUT2D eigenvalue weighted by molar-refractivity contribution is 0.613. The van der Waals surface area contributed by atoms with Gasteiger partial charge in [-0.3, -0.25) is 0 Å². The van der Waals surface area contributed by atoms with Crippen LogP contribution >= 0.6 is 27.3 Å². The fourth-order valence-electron chi connectivity index (χ4n) is 1.58. The molecule has 0 amide bonds. The van der Waals surface area contributed by atoms with E-state index in [9.17, 15) is 0 Å². The molecule has 2 rings (SSSR count). The first kappa shape index (κ1) is 11.1. The Balaban J connectivity index is 2.35. The Kier molecular flexibility index (Phi) is 3.44. The fourth-order valence-corrected chi connectivity index (χ4v) is 3.41. The van der Waals surface area contributed by atoms with Gasteiger partial charge in [-0.15, -0.1) is 11.3 Å². The highest BCUT2D eigenvalue weighted by Crippen LogP contribution is 2.31. The molecule has 0 aliphatic heterocycles. The molecule has 1 atom stereocenters. The lowest BCUT2D eigenvalue weighted by Gasteiger charge is -2.06. The monoisotopic (exact) mass is 283 g/mol. The van der Waals surface area contributed by atoms with Crippen LogP contribution in [0.3, 0.4) is 0 Å². The summed E-state index contributed by atoms with van der Waals surface area (Å²) >= 11 is 5.47. The molecule has 1 unspecified atom stereocenters. The molecule has 15 heavy (non-hydrogen) atoms. The van der Waals surface area contributed by atoms with Gasteiger partial charge < -0.3 is 5.32 Å². The maximum absolute atomic E-state index is 3.58. The van der Waals surface area contributed by atoms with Crippen molar-refractivity contribution in [1.82, 2.24) is 5.32 Å². The molecule has 0 spiro atoms. The molecule has 0 aliphatic carbocycles. The van der Waals surface area contributed by atoms with Crippen molar-refractivity contribution in [1.29, 1.82) is 0 Å². The molecule has 1 aromatic carbocycles. The number of hydrogen-bond donors (Lipinski definition) is 1. The molecule has 2 aromatic rings. The lowest BCUT2D eigenvalue weighted by Crippen LogP contribution is -2.22. The molecule has 1 heterocycles. The molecule has 80 valence electrons. The third kappa shape index (κ3) is 2.41. The van der Waals surface area contributed by atoms with Crippen molar-refractivity contribution in [3.8, 4) is 0 Å². The molecule has 0 fully saturated rings. The van der Waals surface area contributed by atoms with Crippen LogP contribution in [0, 0.1) is 0 Å². The third-order valence-electron chi connectivity index (χ3n) is 2.56. The van der Waals surface area contributed by atoms with Crippen LogP contribution < -0.4 is 5.32 Å². The molecular formula is C12H14BrNS. The average molecular weight is 284 g/mol. The highest BCUT2D eigenvalue weighted by atomic mass is 79.9. The van der Waals surface area contributed by atoms with Gasteiger partial charge in [-0.1, -0.05) is 22.0 Å². The van der Waals surface area contributed by atoms with Gasteiger partial charge in [-0.05, 0) is 38.6 Å². The molecule has 3 heteroatoms. The maximum Gasteiger partial charge on any atom is 0.0357 e. The van der Waals surface area contributed by atoms with Gasteiger partial charge in [0.25, 0.3) is 0 Å². The van der Waals surface area contributed by atoms with Crippen LogP contribution in [-0.2, 0) is 6.42 Å². The molecule has 0 bridgehead atoms. The minimum absolute atomic E-state index is 0.539. The number of rotatable bonds is 3. The van der Waals surface area contributed by atoms with E-state index in [-0.39, 0.29) is 0 Å². The zero-order valence-corrected chi connectivity index (χ0v) is 11.3. The van der Waals surface area contributed by atoms with Crippen LogP contribution in [0.25, 0.3) is 10.1 Å².